The summed E-state index contributed by atoms with van der Waals surface area (Å²) < 4.78 is 14.6. The zero-order valence-corrected chi connectivity index (χ0v) is 16.7. The molecule has 0 saturated heterocycles. The van der Waals surface area contributed by atoms with Crippen LogP contribution in [0.15, 0.2) is 60.8 Å². The third-order valence-electron chi connectivity index (χ3n) is 4.55. The smallest absolute Gasteiger partial charge is 0.274 e. The van der Waals surface area contributed by atoms with E-state index in [0.29, 0.717) is 30.0 Å². The number of hydrogen-bond donors (Lipinski definition) is 0. The lowest BCUT2D eigenvalue weighted by atomic mass is 10.1. The maximum absolute atomic E-state index is 13.1. The second-order valence-corrected chi connectivity index (χ2v) is 6.84. The maximum atomic E-state index is 13.1. The molecule has 150 valence electrons. The molecule has 2 aromatic carbocycles. The van der Waals surface area contributed by atoms with Gasteiger partial charge in [-0.2, -0.15) is 5.10 Å². The van der Waals surface area contributed by atoms with Crippen LogP contribution in [-0.4, -0.2) is 52.0 Å². The fraction of sp³-hybridized carbons (Fsp3) is 0.227. The van der Waals surface area contributed by atoms with Crippen molar-refractivity contribution in [1.29, 1.82) is 0 Å². The van der Waals surface area contributed by atoms with Crippen molar-refractivity contribution < 1.29 is 14.0 Å². The fourth-order valence-corrected chi connectivity index (χ4v) is 2.90. The predicted octanol–water partition coefficient (Wildman–Crippen LogP) is 3.38. The summed E-state index contributed by atoms with van der Waals surface area (Å²) in [6.45, 7) is 2.83. The van der Waals surface area contributed by atoms with Crippen LogP contribution in [0.3, 0.4) is 0 Å². The van der Waals surface area contributed by atoms with Crippen LogP contribution in [0.5, 0.6) is 0 Å². The fourth-order valence-electron chi connectivity index (χ4n) is 2.90. The van der Waals surface area contributed by atoms with Gasteiger partial charge in [0.2, 0.25) is 0 Å². The lowest BCUT2D eigenvalue weighted by Crippen LogP contribution is -2.30. The Hall–Kier alpha value is -3.48. The molecule has 0 bridgehead atoms. The molecule has 3 rings (SSSR count). The van der Waals surface area contributed by atoms with Gasteiger partial charge in [-0.1, -0.05) is 12.1 Å². The standard InChI is InChI=1S/C22H23FN4O2/c1-4-26(15-16-5-7-17(8-6-16)21(28)25(2)3)22(29)20-13-14-27(24-20)19-11-9-18(23)10-12-19/h5-14H,4,15H2,1-3H3. The summed E-state index contributed by atoms with van der Waals surface area (Å²) in [6, 6.07) is 14.8. The molecular formula is C22H23FN4O2. The van der Waals surface area contributed by atoms with Crippen LogP contribution >= 0.6 is 0 Å². The average molecular weight is 394 g/mol. The highest BCUT2D eigenvalue weighted by Gasteiger charge is 2.18. The summed E-state index contributed by atoms with van der Waals surface area (Å²) in [6.07, 6.45) is 1.68. The highest BCUT2D eigenvalue weighted by molar-refractivity contribution is 5.94. The van der Waals surface area contributed by atoms with E-state index >= 15 is 0 Å². The van der Waals surface area contributed by atoms with Crippen molar-refractivity contribution in [2.45, 2.75) is 13.5 Å². The van der Waals surface area contributed by atoms with Gasteiger partial charge in [0.05, 0.1) is 5.69 Å². The molecule has 3 aromatic rings. The Morgan fingerprint density at radius 3 is 2.21 bits per heavy atom. The number of rotatable bonds is 6. The van der Waals surface area contributed by atoms with Crippen molar-refractivity contribution in [3.8, 4) is 5.69 Å². The Morgan fingerprint density at radius 1 is 0.966 bits per heavy atom. The van der Waals surface area contributed by atoms with E-state index in [0.717, 1.165) is 5.56 Å². The van der Waals surface area contributed by atoms with Gasteiger partial charge in [0.15, 0.2) is 5.69 Å². The number of aromatic nitrogens is 2. The summed E-state index contributed by atoms with van der Waals surface area (Å²) in [5.74, 6) is -0.583. The lowest BCUT2D eigenvalue weighted by molar-refractivity contribution is 0.0745. The normalized spacial score (nSPS) is 10.6. The maximum Gasteiger partial charge on any atom is 0.274 e. The number of carbonyl (C=O) groups excluding carboxylic acids is 2. The minimum absolute atomic E-state index is 0.0636. The van der Waals surface area contributed by atoms with E-state index in [1.54, 1.807) is 60.2 Å². The molecule has 0 radical (unpaired) electrons. The number of nitrogens with zero attached hydrogens (tertiary/aromatic N) is 4. The van der Waals surface area contributed by atoms with Gasteiger partial charge < -0.3 is 9.80 Å². The van der Waals surface area contributed by atoms with E-state index in [9.17, 15) is 14.0 Å². The summed E-state index contributed by atoms with van der Waals surface area (Å²) in [4.78, 5) is 28.1. The molecule has 7 heteroatoms. The monoisotopic (exact) mass is 394 g/mol. The van der Waals surface area contributed by atoms with E-state index in [-0.39, 0.29) is 17.6 Å². The van der Waals surface area contributed by atoms with E-state index in [1.807, 2.05) is 19.1 Å². The molecule has 0 aliphatic rings. The molecule has 0 N–H and O–H groups in total. The molecule has 0 aliphatic heterocycles. The Kier molecular flexibility index (Phi) is 6.07. The van der Waals surface area contributed by atoms with E-state index in [1.165, 1.54) is 17.0 Å². The average Bonchev–Trinajstić information content (AvgIpc) is 3.22. The quantitative estimate of drug-likeness (QED) is 0.644. The lowest BCUT2D eigenvalue weighted by Gasteiger charge is -2.20. The van der Waals surface area contributed by atoms with Crippen LogP contribution in [-0.2, 0) is 6.54 Å². The van der Waals surface area contributed by atoms with Gasteiger partial charge in [-0.05, 0) is 55.0 Å². The number of amides is 2. The van der Waals surface area contributed by atoms with E-state index < -0.39 is 0 Å². The van der Waals surface area contributed by atoms with Crippen molar-refractivity contribution >= 4 is 11.8 Å². The van der Waals surface area contributed by atoms with Gasteiger partial charge in [-0.3, -0.25) is 9.59 Å². The Bertz CT molecular complexity index is 994. The first kappa shape index (κ1) is 20.3. The first-order valence-electron chi connectivity index (χ1n) is 9.30. The second kappa shape index (κ2) is 8.68. The Morgan fingerprint density at radius 2 is 1.62 bits per heavy atom. The van der Waals surface area contributed by atoms with Crippen LogP contribution in [0, 0.1) is 5.82 Å². The molecule has 0 spiro atoms. The van der Waals surface area contributed by atoms with Gasteiger partial charge >= 0.3 is 0 Å². The number of carbonyl (C=O) groups is 2. The first-order valence-corrected chi connectivity index (χ1v) is 9.30. The highest BCUT2D eigenvalue weighted by Crippen LogP contribution is 2.13. The summed E-state index contributed by atoms with van der Waals surface area (Å²) >= 11 is 0. The topological polar surface area (TPSA) is 58.4 Å². The van der Waals surface area contributed by atoms with Crippen LogP contribution in [0.1, 0.15) is 33.3 Å². The van der Waals surface area contributed by atoms with Crippen molar-refractivity contribution in [2.24, 2.45) is 0 Å². The minimum Gasteiger partial charge on any atom is -0.345 e. The van der Waals surface area contributed by atoms with Crippen molar-refractivity contribution in [1.82, 2.24) is 19.6 Å². The summed E-state index contributed by atoms with van der Waals surface area (Å²) in [5, 5.41) is 4.33. The molecule has 0 saturated carbocycles. The zero-order chi connectivity index (χ0) is 21.0. The third-order valence-corrected chi connectivity index (χ3v) is 4.55. The van der Waals surface area contributed by atoms with E-state index in [4.69, 9.17) is 0 Å². The molecular weight excluding hydrogens is 371 g/mol. The largest absolute Gasteiger partial charge is 0.345 e. The Balaban J connectivity index is 1.72. The predicted molar refractivity (Wildman–Crippen MR) is 108 cm³/mol. The molecule has 0 fully saturated rings. The number of benzene rings is 2. The van der Waals surface area contributed by atoms with Crippen LogP contribution in [0.2, 0.25) is 0 Å². The van der Waals surface area contributed by atoms with Gasteiger partial charge in [-0.25, -0.2) is 9.07 Å². The molecule has 0 aliphatic carbocycles. The Labute approximate surface area is 169 Å². The number of halogens is 1. The van der Waals surface area contributed by atoms with Gasteiger partial charge in [0.25, 0.3) is 11.8 Å². The van der Waals surface area contributed by atoms with Crippen molar-refractivity contribution in [3.63, 3.8) is 0 Å². The number of hydrogen-bond acceptors (Lipinski definition) is 3. The molecule has 2 amide bonds. The molecule has 0 atom stereocenters. The molecule has 29 heavy (non-hydrogen) atoms. The van der Waals surface area contributed by atoms with Crippen LogP contribution in [0.25, 0.3) is 5.69 Å². The van der Waals surface area contributed by atoms with Gasteiger partial charge in [0, 0.05) is 38.9 Å². The SMILES string of the molecule is CCN(Cc1ccc(C(=O)N(C)C)cc1)C(=O)c1ccn(-c2ccc(F)cc2)n1. The van der Waals surface area contributed by atoms with Gasteiger partial charge in [-0.15, -0.1) is 0 Å². The zero-order valence-electron chi connectivity index (χ0n) is 16.7. The first-order chi connectivity index (χ1) is 13.9. The van der Waals surface area contributed by atoms with E-state index in [2.05, 4.69) is 5.10 Å². The molecule has 1 heterocycles. The molecule has 6 nitrogen and oxygen atoms in total. The van der Waals surface area contributed by atoms with Gasteiger partial charge in [0.1, 0.15) is 5.82 Å². The summed E-state index contributed by atoms with van der Waals surface area (Å²) in [5.41, 5.74) is 2.52. The second-order valence-electron chi connectivity index (χ2n) is 6.84. The highest BCUT2D eigenvalue weighted by atomic mass is 19.1. The van der Waals surface area contributed by atoms with Crippen molar-refractivity contribution in [2.75, 3.05) is 20.6 Å². The summed E-state index contributed by atoms with van der Waals surface area (Å²) in [7, 11) is 3.41. The van der Waals surface area contributed by atoms with Crippen LogP contribution < -0.4 is 0 Å². The minimum atomic E-state index is -0.326. The van der Waals surface area contributed by atoms with Crippen molar-refractivity contribution in [3.05, 3.63) is 83.4 Å². The van der Waals surface area contributed by atoms with Crippen LogP contribution in [0.4, 0.5) is 4.39 Å². The third kappa shape index (κ3) is 4.68. The molecule has 0 unspecified atom stereocenters. The molecule has 1 aromatic heterocycles.